The molecule has 0 radical (unpaired) electrons. The maximum Gasteiger partial charge on any atom is 0.238 e. The predicted molar refractivity (Wildman–Crippen MR) is 35.7 cm³/mol. The van der Waals surface area contributed by atoms with Crippen LogP contribution in [0.15, 0.2) is 16.3 Å². The summed E-state index contributed by atoms with van der Waals surface area (Å²) in [5.41, 5.74) is 0. The van der Waals surface area contributed by atoms with Crippen molar-refractivity contribution in [3.63, 3.8) is 0 Å². The Labute approximate surface area is 61.3 Å². The highest BCUT2D eigenvalue weighted by molar-refractivity contribution is 7.89. The molecular formula is C4H4FNO2S2. The monoisotopic (exact) mass is 181 g/mol. The van der Waals surface area contributed by atoms with Crippen molar-refractivity contribution in [1.29, 1.82) is 0 Å². The van der Waals surface area contributed by atoms with Gasteiger partial charge in [0.05, 0.1) is 4.90 Å². The minimum atomic E-state index is -3.71. The van der Waals surface area contributed by atoms with Gasteiger partial charge in [-0.05, 0) is 0 Å². The van der Waals surface area contributed by atoms with E-state index in [4.69, 9.17) is 0 Å². The zero-order chi connectivity index (χ0) is 7.78. The van der Waals surface area contributed by atoms with E-state index in [0.29, 0.717) is 11.3 Å². The van der Waals surface area contributed by atoms with Gasteiger partial charge in [-0.15, -0.1) is 11.3 Å². The number of hydrogen-bond donors (Lipinski definition) is 1. The molecule has 0 saturated heterocycles. The molecule has 0 saturated carbocycles. The zero-order valence-corrected chi connectivity index (χ0v) is 6.38. The lowest BCUT2D eigenvalue weighted by Crippen LogP contribution is -2.10. The van der Waals surface area contributed by atoms with Crippen molar-refractivity contribution in [3.8, 4) is 0 Å². The predicted octanol–water partition coefficient (Wildman–Crippen LogP) is 0.535. The zero-order valence-electron chi connectivity index (χ0n) is 4.74. The van der Waals surface area contributed by atoms with Crippen LogP contribution in [0.1, 0.15) is 0 Å². The number of halogens is 1. The molecule has 3 nitrogen and oxygen atoms in total. The molecule has 6 heteroatoms. The van der Waals surface area contributed by atoms with Gasteiger partial charge in [-0.3, -0.25) is 0 Å². The van der Waals surface area contributed by atoms with Crippen LogP contribution >= 0.6 is 11.3 Å². The molecule has 1 rings (SSSR count). The molecule has 0 aliphatic rings. The molecule has 0 atom stereocenters. The maximum absolute atomic E-state index is 12.2. The Morgan fingerprint density at radius 3 is 2.40 bits per heavy atom. The Morgan fingerprint density at radius 1 is 1.60 bits per heavy atom. The standard InChI is InChI=1S/C4H4FNO2S2/c5-4-1-3(2-9-4)10(6,7)8/h1-2H,(H2,6,7,8). The van der Waals surface area contributed by atoms with Crippen LogP contribution < -0.4 is 5.14 Å². The first-order valence-corrected chi connectivity index (χ1v) is 4.69. The number of thiophene rings is 1. The van der Waals surface area contributed by atoms with Gasteiger partial charge in [-0.1, -0.05) is 0 Å². The van der Waals surface area contributed by atoms with Gasteiger partial charge in [0.1, 0.15) is 0 Å². The molecule has 0 fully saturated rings. The summed E-state index contributed by atoms with van der Waals surface area (Å²) in [4.78, 5) is -0.171. The second kappa shape index (κ2) is 2.30. The van der Waals surface area contributed by atoms with Gasteiger partial charge in [-0.25, -0.2) is 13.6 Å². The van der Waals surface area contributed by atoms with Crippen LogP contribution in [-0.2, 0) is 10.0 Å². The summed E-state index contributed by atoms with van der Waals surface area (Å²) in [7, 11) is -3.71. The second-order valence-electron chi connectivity index (χ2n) is 1.63. The van der Waals surface area contributed by atoms with Crippen LogP contribution in [0.3, 0.4) is 0 Å². The van der Waals surface area contributed by atoms with Crippen LogP contribution in [-0.4, -0.2) is 8.42 Å². The molecule has 0 amide bonds. The number of primary sulfonamides is 1. The molecule has 0 unspecified atom stereocenters. The third kappa shape index (κ3) is 1.53. The van der Waals surface area contributed by atoms with Gasteiger partial charge in [0.15, 0.2) is 5.13 Å². The van der Waals surface area contributed by atoms with Crippen molar-refractivity contribution in [1.82, 2.24) is 0 Å². The van der Waals surface area contributed by atoms with Crippen molar-refractivity contribution < 1.29 is 12.8 Å². The summed E-state index contributed by atoms with van der Waals surface area (Å²) < 4.78 is 33.1. The third-order valence-corrected chi connectivity index (χ3v) is 2.63. The minimum absolute atomic E-state index is 0.171. The molecule has 0 bridgehead atoms. The van der Waals surface area contributed by atoms with Crippen molar-refractivity contribution in [2.24, 2.45) is 5.14 Å². The lowest BCUT2D eigenvalue weighted by Gasteiger charge is -1.86. The van der Waals surface area contributed by atoms with Gasteiger partial charge >= 0.3 is 0 Å². The summed E-state index contributed by atoms with van der Waals surface area (Å²) in [6.07, 6.45) is 0. The van der Waals surface area contributed by atoms with Gasteiger partial charge < -0.3 is 0 Å². The molecule has 0 aliphatic heterocycles. The Kier molecular flexibility index (Phi) is 1.76. The van der Waals surface area contributed by atoms with E-state index in [2.05, 4.69) is 5.14 Å². The fourth-order valence-electron chi connectivity index (χ4n) is 0.443. The Balaban J connectivity index is 3.21. The van der Waals surface area contributed by atoms with Crippen LogP contribution in [0.4, 0.5) is 4.39 Å². The first kappa shape index (κ1) is 7.64. The first-order valence-electron chi connectivity index (χ1n) is 2.27. The van der Waals surface area contributed by atoms with E-state index in [-0.39, 0.29) is 4.90 Å². The SMILES string of the molecule is NS(=O)(=O)c1csc(F)c1. The summed E-state index contributed by atoms with van der Waals surface area (Å²) in [6.45, 7) is 0. The van der Waals surface area contributed by atoms with Crippen LogP contribution in [0.5, 0.6) is 0 Å². The Hall–Kier alpha value is -0.460. The minimum Gasteiger partial charge on any atom is -0.225 e. The largest absolute Gasteiger partial charge is 0.238 e. The molecule has 2 N–H and O–H groups in total. The van der Waals surface area contributed by atoms with Gasteiger partial charge in [0.2, 0.25) is 10.0 Å². The van der Waals surface area contributed by atoms with E-state index in [1.54, 1.807) is 0 Å². The summed E-state index contributed by atoms with van der Waals surface area (Å²) >= 11 is 0.705. The summed E-state index contributed by atoms with van der Waals surface area (Å²) in [6, 6.07) is 0.889. The number of nitrogens with two attached hydrogens (primary N) is 1. The van der Waals surface area contributed by atoms with Gasteiger partial charge in [-0.2, -0.15) is 4.39 Å². The van der Waals surface area contributed by atoms with Crippen LogP contribution in [0, 0.1) is 5.13 Å². The summed E-state index contributed by atoms with van der Waals surface area (Å²) in [5.74, 6) is 0. The summed E-state index contributed by atoms with van der Waals surface area (Å²) in [5, 5.41) is 5.29. The van der Waals surface area contributed by atoms with E-state index in [0.717, 1.165) is 11.4 Å². The molecule has 1 heterocycles. The molecule has 56 valence electrons. The first-order chi connectivity index (χ1) is 4.50. The van der Waals surface area contributed by atoms with Crippen LogP contribution in [0.25, 0.3) is 0 Å². The number of sulfonamides is 1. The third-order valence-electron chi connectivity index (χ3n) is 0.872. The van der Waals surface area contributed by atoms with Crippen molar-refractivity contribution in [2.45, 2.75) is 4.90 Å². The van der Waals surface area contributed by atoms with Crippen molar-refractivity contribution >= 4 is 21.4 Å². The number of rotatable bonds is 1. The number of hydrogen-bond acceptors (Lipinski definition) is 3. The molecule has 10 heavy (non-hydrogen) atoms. The van der Waals surface area contributed by atoms with Gasteiger partial charge in [0.25, 0.3) is 0 Å². The Bertz CT molecular complexity index is 329. The fraction of sp³-hybridized carbons (Fsp3) is 0. The van der Waals surface area contributed by atoms with Crippen molar-refractivity contribution in [3.05, 3.63) is 16.6 Å². The lowest BCUT2D eigenvalue weighted by atomic mass is 10.7. The second-order valence-corrected chi connectivity index (χ2v) is 4.05. The van der Waals surface area contributed by atoms with E-state index in [1.807, 2.05) is 0 Å². The van der Waals surface area contributed by atoms with Crippen molar-refractivity contribution in [2.75, 3.05) is 0 Å². The highest BCUT2D eigenvalue weighted by Gasteiger charge is 2.09. The van der Waals surface area contributed by atoms with Gasteiger partial charge in [0, 0.05) is 11.4 Å². The topological polar surface area (TPSA) is 60.2 Å². The molecule has 1 aromatic heterocycles. The normalized spacial score (nSPS) is 11.8. The molecule has 0 spiro atoms. The lowest BCUT2D eigenvalue weighted by molar-refractivity contribution is 0.596. The van der Waals surface area contributed by atoms with Crippen LogP contribution in [0.2, 0.25) is 0 Å². The fourth-order valence-corrected chi connectivity index (χ4v) is 1.96. The molecule has 0 aromatic carbocycles. The quantitative estimate of drug-likeness (QED) is 0.687. The average Bonchev–Trinajstić information content (AvgIpc) is 2.11. The maximum atomic E-state index is 12.2. The van der Waals surface area contributed by atoms with E-state index >= 15 is 0 Å². The smallest absolute Gasteiger partial charge is 0.225 e. The molecule has 0 aliphatic carbocycles. The molecular weight excluding hydrogens is 177 g/mol. The highest BCUT2D eigenvalue weighted by atomic mass is 32.2. The van der Waals surface area contributed by atoms with E-state index in [1.165, 1.54) is 0 Å². The molecule has 1 aromatic rings. The van der Waals surface area contributed by atoms with E-state index in [9.17, 15) is 12.8 Å². The average molecular weight is 181 g/mol. The highest BCUT2D eigenvalue weighted by Crippen LogP contribution is 2.15. The van der Waals surface area contributed by atoms with E-state index < -0.39 is 15.2 Å². The Morgan fingerprint density at radius 2 is 2.20 bits per heavy atom.